The molecule has 1 aliphatic carbocycles. The van der Waals surface area contributed by atoms with E-state index in [0.29, 0.717) is 11.6 Å². The molecule has 0 saturated heterocycles. The van der Waals surface area contributed by atoms with Crippen LogP contribution in [0.15, 0.2) is 17.1 Å². The molecule has 1 atom stereocenters. The maximum atomic E-state index is 5.34. The Morgan fingerprint density at radius 3 is 2.79 bits per heavy atom. The molecule has 2 aliphatic rings. The molecule has 1 aromatic rings. The number of ether oxygens (including phenoxy) is 2. The monoisotopic (exact) mass is 260 g/mol. The molecular formula is C15H20N2O2. The molecule has 4 heteroatoms. The first-order chi connectivity index (χ1) is 9.30. The molecule has 0 bridgehead atoms. The molecule has 1 fully saturated rings. The summed E-state index contributed by atoms with van der Waals surface area (Å²) in [6, 6.07) is 4.04. The lowest BCUT2D eigenvalue weighted by Gasteiger charge is -2.34. The fraction of sp³-hybridized carbons (Fsp3) is 0.600. The van der Waals surface area contributed by atoms with Crippen molar-refractivity contribution in [2.75, 3.05) is 20.8 Å². The van der Waals surface area contributed by atoms with Crippen LogP contribution in [0.3, 0.4) is 0 Å². The molecule has 1 aromatic heterocycles. The van der Waals surface area contributed by atoms with Gasteiger partial charge in [-0.1, -0.05) is 6.42 Å². The average Bonchev–Trinajstić information content (AvgIpc) is 2.91. The second-order valence-corrected chi connectivity index (χ2v) is 5.28. The van der Waals surface area contributed by atoms with Crippen LogP contribution in [0.1, 0.15) is 37.8 Å². The van der Waals surface area contributed by atoms with Gasteiger partial charge in [-0.15, -0.1) is 0 Å². The van der Waals surface area contributed by atoms with Gasteiger partial charge in [0.2, 0.25) is 0 Å². The van der Waals surface area contributed by atoms with E-state index < -0.39 is 0 Å². The van der Waals surface area contributed by atoms with Gasteiger partial charge in [0.25, 0.3) is 5.88 Å². The van der Waals surface area contributed by atoms with E-state index in [0.717, 1.165) is 31.5 Å². The van der Waals surface area contributed by atoms with Gasteiger partial charge in [-0.25, -0.2) is 4.98 Å². The van der Waals surface area contributed by atoms with Crippen LogP contribution in [0.5, 0.6) is 11.6 Å². The topological polar surface area (TPSA) is 43.7 Å². The molecule has 4 nitrogen and oxygen atoms in total. The quantitative estimate of drug-likeness (QED) is 0.839. The Balaban J connectivity index is 2.03. The largest absolute Gasteiger partial charge is 0.491 e. The maximum Gasteiger partial charge on any atom is 0.256 e. The molecule has 2 heterocycles. The smallest absolute Gasteiger partial charge is 0.256 e. The predicted octanol–water partition coefficient (Wildman–Crippen LogP) is 2.76. The third kappa shape index (κ3) is 1.90. The minimum absolute atomic E-state index is 0.0673. The summed E-state index contributed by atoms with van der Waals surface area (Å²) in [6.45, 7) is 0.936. The van der Waals surface area contributed by atoms with E-state index in [9.17, 15) is 0 Å². The number of methoxy groups -OCH3 is 2. The molecule has 102 valence electrons. The highest BCUT2D eigenvalue weighted by atomic mass is 16.5. The van der Waals surface area contributed by atoms with Crippen LogP contribution >= 0.6 is 0 Å². The molecule has 19 heavy (non-hydrogen) atoms. The molecule has 0 spiro atoms. The lowest BCUT2D eigenvalue weighted by Crippen LogP contribution is -2.36. The van der Waals surface area contributed by atoms with Crippen molar-refractivity contribution >= 4 is 5.71 Å². The normalized spacial score (nSPS) is 25.7. The first-order valence-corrected chi connectivity index (χ1v) is 6.93. The van der Waals surface area contributed by atoms with Gasteiger partial charge in [0.05, 0.1) is 25.3 Å². The number of aromatic nitrogens is 1. The summed E-state index contributed by atoms with van der Waals surface area (Å²) in [5.41, 5.74) is 2.51. The highest BCUT2D eigenvalue weighted by Crippen LogP contribution is 2.44. The Morgan fingerprint density at radius 2 is 2.00 bits per heavy atom. The van der Waals surface area contributed by atoms with Gasteiger partial charge in [0.1, 0.15) is 0 Å². The van der Waals surface area contributed by atoms with E-state index in [2.05, 4.69) is 6.07 Å². The highest BCUT2D eigenvalue weighted by molar-refractivity contribution is 5.96. The van der Waals surface area contributed by atoms with Crippen molar-refractivity contribution in [3.8, 4) is 11.6 Å². The lowest BCUT2D eigenvalue weighted by molar-refractivity contribution is 0.337. The fourth-order valence-corrected chi connectivity index (χ4v) is 3.38. The van der Waals surface area contributed by atoms with Crippen LogP contribution in [0.4, 0.5) is 0 Å². The summed E-state index contributed by atoms with van der Waals surface area (Å²) in [4.78, 5) is 9.40. The van der Waals surface area contributed by atoms with Crippen LogP contribution in [-0.2, 0) is 5.41 Å². The van der Waals surface area contributed by atoms with Crippen molar-refractivity contribution in [2.45, 2.75) is 37.5 Å². The van der Waals surface area contributed by atoms with Crippen molar-refractivity contribution < 1.29 is 9.47 Å². The molecule has 1 saturated carbocycles. The molecule has 0 N–H and O–H groups in total. The molecule has 0 amide bonds. The van der Waals surface area contributed by atoms with Gasteiger partial charge in [-0.2, -0.15) is 0 Å². The van der Waals surface area contributed by atoms with Crippen LogP contribution in [-0.4, -0.2) is 31.5 Å². The Bertz CT molecular complexity index is 513. The number of aliphatic imine (C=N–C) groups is 1. The van der Waals surface area contributed by atoms with Crippen molar-refractivity contribution in [1.29, 1.82) is 0 Å². The summed E-state index contributed by atoms with van der Waals surface area (Å²) >= 11 is 0. The van der Waals surface area contributed by atoms with Gasteiger partial charge in [-0.05, 0) is 37.8 Å². The van der Waals surface area contributed by atoms with Crippen LogP contribution < -0.4 is 9.47 Å². The second-order valence-electron chi connectivity index (χ2n) is 5.28. The number of pyridine rings is 1. The van der Waals surface area contributed by atoms with Gasteiger partial charge in [0.15, 0.2) is 5.75 Å². The lowest BCUT2D eigenvalue weighted by atomic mass is 9.69. The molecule has 0 aromatic carbocycles. The van der Waals surface area contributed by atoms with Crippen LogP contribution in [0.25, 0.3) is 0 Å². The molecule has 1 aliphatic heterocycles. The summed E-state index contributed by atoms with van der Waals surface area (Å²) in [5.74, 6) is 1.26. The predicted molar refractivity (Wildman–Crippen MR) is 74.4 cm³/mol. The maximum absolute atomic E-state index is 5.34. The number of hydrogen-bond donors (Lipinski definition) is 0. The van der Waals surface area contributed by atoms with E-state index in [1.54, 1.807) is 14.2 Å². The van der Waals surface area contributed by atoms with Crippen LogP contribution in [0, 0.1) is 0 Å². The van der Waals surface area contributed by atoms with Crippen LogP contribution in [0.2, 0.25) is 0 Å². The second kappa shape index (κ2) is 4.83. The summed E-state index contributed by atoms with van der Waals surface area (Å²) in [7, 11) is 3.28. The number of fused-ring (bicyclic) bond motifs is 1. The van der Waals surface area contributed by atoms with E-state index in [-0.39, 0.29) is 5.41 Å². The standard InChI is InChI=1S/C15H20N2O2/c1-18-11-6-7-13(17-14(11)19-2)15-8-4-3-5-12(15)16-10-9-15/h6-7H,3-5,8-10H2,1-2H3. The summed E-state index contributed by atoms with van der Waals surface area (Å²) in [5, 5.41) is 0. The highest BCUT2D eigenvalue weighted by Gasteiger charge is 2.43. The Hall–Kier alpha value is -1.58. The molecular weight excluding hydrogens is 240 g/mol. The fourth-order valence-electron chi connectivity index (χ4n) is 3.38. The van der Waals surface area contributed by atoms with E-state index >= 15 is 0 Å². The minimum atomic E-state index is 0.0673. The number of nitrogens with zero attached hydrogens (tertiary/aromatic N) is 2. The summed E-state index contributed by atoms with van der Waals surface area (Å²) in [6.07, 6.45) is 5.89. The van der Waals surface area contributed by atoms with Gasteiger partial charge in [-0.3, -0.25) is 4.99 Å². The third-order valence-corrected chi connectivity index (χ3v) is 4.39. The molecule has 3 rings (SSSR count). The Labute approximate surface area is 113 Å². The van der Waals surface area contributed by atoms with Crippen molar-refractivity contribution in [3.63, 3.8) is 0 Å². The van der Waals surface area contributed by atoms with E-state index in [1.165, 1.54) is 18.6 Å². The first kappa shape index (κ1) is 12.5. The Kier molecular flexibility index (Phi) is 3.17. The zero-order chi connectivity index (χ0) is 13.3. The van der Waals surface area contributed by atoms with Gasteiger partial charge < -0.3 is 9.47 Å². The third-order valence-electron chi connectivity index (χ3n) is 4.39. The summed E-state index contributed by atoms with van der Waals surface area (Å²) < 4.78 is 10.6. The number of hydrogen-bond acceptors (Lipinski definition) is 4. The SMILES string of the molecule is COc1ccc(C23CCCCC2=NCC3)nc1OC. The van der Waals surface area contributed by atoms with E-state index in [1.807, 2.05) is 6.07 Å². The zero-order valence-electron chi connectivity index (χ0n) is 11.6. The first-order valence-electron chi connectivity index (χ1n) is 6.93. The van der Waals surface area contributed by atoms with Crippen molar-refractivity contribution in [2.24, 2.45) is 4.99 Å². The van der Waals surface area contributed by atoms with E-state index in [4.69, 9.17) is 19.5 Å². The van der Waals surface area contributed by atoms with Crippen molar-refractivity contribution in [1.82, 2.24) is 4.98 Å². The minimum Gasteiger partial charge on any atom is -0.491 e. The van der Waals surface area contributed by atoms with Gasteiger partial charge >= 0.3 is 0 Å². The number of rotatable bonds is 3. The Morgan fingerprint density at radius 1 is 1.11 bits per heavy atom. The molecule has 0 radical (unpaired) electrons. The van der Waals surface area contributed by atoms with Gasteiger partial charge in [0, 0.05) is 12.3 Å². The average molecular weight is 260 g/mol. The molecule has 1 unspecified atom stereocenters. The zero-order valence-corrected chi connectivity index (χ0v) is 11.6. The van der Waals surface area contributed by atoms with Crippen molar-refractivity contribution in [3.05, 3.63) is 17.8 Å².